The minimum Gasteiger partial charge on any atom is -0.489 e. The summed E-state index contributed by atoms with van der Waals surface area (Å²) < 4.78 is 7.04. The summed E-state index contributed by atoms with van der Waals surface area (Å²) in [7, 11) is 0. The van der Waals surface area contributed by atoms with Crippen molar-refractivity contribution in [2.75, 3.05) is 6.61 Å². The van der Waals surface area contributed by atoms with E-state index in [-0.39, 0.29) is 12.2 Å². The van der Waals surface area contributed by atoms with Crippen LogP contribution in [0.15, 0.2) is 47.7 Å². The lowest BCUT2D eigenvalue weighted by Gasteiger charge is -2.11. The fourth-order valence-electron chi connectivity index (χ4n) is 2.02. The smallest absolute Gasteiger partial charge is 0.262 e. The van der Waals surface area contributed by atoms with Crippen LogP contribution in [0, 0.1) is 0 Å². The Hall–Kier alpha value is -2.11. The maximum atomic E-state index is 12.3. The molecule has 0 saturated heterocycles. The van der Waals surface area contributed by atoms with E-state index in [0.29, 0.717) is 33.4 Å². The molecule has 5 nitrogen and oxygen atoms in total. The minimum absolute atomic E-state index is 0.160. The molecule has 3 rings (SSSR count). The first kappa shape index (κ1) is 14.8. The Morgan fingerprint density at radius 3 is 2.64 bits per heavy atom. The zero-order chi connectivity index (χ0) is 15.5. The number of benzene rings is 1. The molecule has 7 heteroatoms. The van der Waals surface area contributed by atoms with Crippen LogP contribution in [0.4, 0.5) is 0 Å². The Balaban J connectivity index is 1.77. The molecule has 0 N–H and O–H groups in total. The van der Waals surface area contributed by atoms with Gasteiger partial charge >= 0.3 is 0 Å². The average molecular weight is 336 g/mol. The van der Waals surface area contributed by atoms with Crippen molar-refractivity contribution in [1.29, 1.82) is 0 Å². The quantitative estimate of drug-likeness (QED) is 0.734. The van der Waals surface area contributed by atoms with Gasteiger partial charge in [-0.3, -0.25) is 9.36 Å². The van der Waals surface area contributed by atoms with Gasteiger partial charge in [0.1, 0.15) is 12.9 Å². The van der Waals surface area contributed by atoms with Crippen molar-refractivity contribution < 1.29 is 4.74 Å². The van der Waals surface area contributed by atoms with E-state index < -0.39 is 0 Å². The maximum Gasteiger partial charge on any atom is 0.262 e. The van der Waals surface area contributed by atoms with E-state index in [1.807, 2.05) is 0 Å². The van der Waals surface area contributed by atoms with Crippen LogP contribution in [0.25, 0.3) is 11.0 Å². The monoisotopic (exact) mass is 335 g/mol. The summed E-state index contributed by atoms with van der Waals surface area (Å²) in [5, 5.41) is 1.34. The number of ether oxygens (including phenoxy) is 1. The van der Waals surface area contributed by atoms with Crippen molar-refractivity contribution in [2.45, 2.75) is 6.54 Å². The number of fused-ring (bicyclic) bond motifs is 1. The summed E-state index contributed by atoms with van der Waals surface area (Å²) in [6.07, 6.45) is 3.05. The van der Waals surface area contributed by atoms with Gasteiger partial charge < -0.3 is 4.74 Å². The van der Waals surface area contributed by atoms with Crippen molar-refractivity contribution in [3.63, 3.8) is 0 Å². The third-order valence-corrected chi connectivity index (χ3v) is 3.69. The van der Waals surface area contributed by atoms with E-state index in [9.17, 15) is 4.79 Å². The lowest BCUT2D eigenvalue weighted by Crippen LogP contribution is -2.23. The summed E-state index contributed by atoms with van der Waals surface area (Å²) >= 11 is 12.0. The number of pyridine rings is 1. The van der Waals surface area contributed by atoms with Gasteiger partial charge in [0.05, 0.1) is 22.0 Å². The van der Waals surface area contributed by atoms with Gasteiger partial charge in [0.15, 0.2) is 11.4 Å². The Labute approximate surface area is 136 Å². The second-order valence-electron chi connectivity index (χ2n) is 4.52. The highest BCUT2D eigenvalue weighted by Gasteiger charge is 2.08. The first-order valence-corrected chi connectivity index (χ1v) is 7.29. The Morgan fingerprint density at radius 1 is 1.09 bits per heavy atom. The van der Waals surface area contributed by atoms with Crippen molar-refractivity contribution in [3.8, 4) is 5.75 Å². The van der Waals surface area contributed by atoms with E-state index >= 15 is 0 Å². The number of hydrogen-bond donors (Lipinski definition) is 0. The van der Waals surface area contributed by atoms with Gasteiger partial charge in [-0.15, -0.1) is 0 Å². The maximum absolute atomic E-state index is 12.3. The average Bonchev–Trinajstić information content (AvgIpc) is 2.52. The van der Waals surface area contributed by atoms with Crippen molar-refractivity contribution >= 4 is 34.2 Å². The van der Waals surface area contributed by atoms with E-state index in [1.165, 1.54) is 10.9 Å². The normalized spacial score (nSPS) is 10.8. The standard InChI is InChI=1S/C15H11Cl2N3O2/c16-11-4-1-5-12(17)13(11)22-8-7-20-9-19-14-10(15(20)21)3-2-6-18-14/h1-6,9H,7-8H2. The van der Waals surface area contributed by atoms with Crippen LogP contribution in [0.1, 0.15) is 0 Å². The number of nitrogens with zero attached hydrogens (tertiary/aromatic N) is 3. The van der Waals surface area contributed by atoms with Crippen molar-refractivity contribution in [3.05, 3.63) is 63.3 Å². The second kappa shape index (κ2) is 6.34. The third-order valence-electron chi connectivity index (χ3n) is 3.09. The number of aromatic nitrogens is 3. The highest BCUT2D eigenvalue weighted by atomic mass is 35.5. The third kappa shape index (κ3) is 2.91. The highest BCUT2D eigenvalue weighted by Crippen LogP contribution is 2.32. The highest BCUT2D eigenvalue weighted by molar-refractivity contribution is 6.37. The zero-order valence-corrected chi connectivity index (χ0v) is 12.9. The molecule has 0 amide bonds. The predicted octanol–water partition coefficient (Wildman–Crippen LogP) is 3.18. The molecule has 0 radical (unpaired) electrons. The lowest BCUT2D eigenvalue weighted by atomic mass is 10.3. The number of halogens is 2. The molecule has 0 aliphatic rings. The van der Waals surface area contributed by atoms with Crippen LogP contribution in [-0.4, -0.2) is 21.1 Å². The lowest BCUT2D eigenvalue weighted by molar-refractivity contribution is 0.296. The molecule has 0 unspecified atom stereocenters. The zero-order valence-electron chi connectivity index (χ0n) is 11.4. The molecule has 0 bridgehead atoms. The number of para-hydroxylation sites is 1. The van der Waals surface area contributed by atoms with Crippen LogP contribution >= 0.6 is 23.2 Å². The Bertz CT molecular complexity index is 860. The molecule has 0 aliphatic heterocycles. The van der Waals surface area contributed by atoms with Crippen molar-refractivity contribution in [2.24, 2.45) is 0 Å². The summed E-state index contributed by atoms with van der Waals surface area (Å²) in [4.78, 5) is 20.5. The molecule has 1 aromatic carbocycles. The van der Waals surface area contributed by atoms with Crippen LogP contribution in [0.2, 0.25) is 10.0 Å². The molecule has 0 saturated carbocycles. The number of rotatable bonds is 4. The SMILES string of the molecule is O=c1c2cccnc2ncn1CCOc1c(Cl)cccc1Cl. The fourth-order valence-corrected chi connectivity index (χ4v) is 2.53. The van der Waals surface area contributed by atoms with E-state index in [2.05, 4.69) is 9.97 Å². The summed E-state index contributed by atoms with van der Waals surface area (Å²) in [5.74, 6) is 0.411. The molecule has 2 aromatic heterocycles. The molecule has 112 valence electrons. The van der Waals surface area contributed by atoms with Gasteiger partial charge in [-0.1, -0.05) is 29.3 Å². The molecule has 0 spiro atoms. The summed E-state index contributed by atoms with van der Waals surface area (Å²) in [6, 6.07) is 8.52. The van der Waals surface area contributed by atoms with Crippen molar-refractivity contribution in [1.82, 2.24) is 14.5 Å². The molecule has 3 aromatic rings. The van der Waals surface area contributed by atoms with Gasteiger partial charge in [-0.05, 0) is 24.3 Å². The topological polar surface area (TPSA) is 57.0 Å². The van der Waals surface area contributed by atoms with Gasteiger partial charge in [-0.2, -0.15) is 0 Å². The predicted molar refractivity (Wildman–Crippen MR) is 85.8 cm³/mol. The first-order chi connectivity index (χ1) is 10.7. The fraction of sp³-hybridized carbons (Fsp3) is 0.133. The van der Waals surface area contributed by atoms with Crippen LogP contribution < -0.4 is 10.3 Å². The van der Waals surface area contributed by atoms with Gasteiger partial charge in [0, 0.05) is 6.20 Å². The molecule has 0 aliphatic carbocycles. The van der Waals surface area contributed by atoms with E-state index in [0.717, 1.165) is 0 Å². The molecule has 2 heterocycles. The largest absolute Gasteiger partial charge is 0.489 e. The minimum atomic E-state index is -0.160. The number of hydrogen-bond acceptors (Lipinski definition) is 4. The molecule has 22 heavy (non-hydrogen) atoms. The molecule has 0 atom stereocenters. The summed E-state index contributed by atoms with van der Waals surface area (Å²) in [5.41, 5.74) is 0.269. The van der Waals surface area contributed by atoms with Gasteiger partial charge in [0.25, 0.3) is 5.56 Å². The van der Waals surface area contributed by atoms with Crippen LogP contribution in [0.5, 0.6) is 5.75 Å². The molecular weight excluding hydrogens is 325 g/mol. The first-order valence-electron chi connectivity index (χ1n) is 6.54. The molecular formula is C15H11Cl2N3O2. The molecule has 0 fully saturated rings. The Kier molecular flexibility index (Phi) is 4.27. The second-order valence-corrected chi connectivity index (χ2v) is 5.33. The van der Waals surface area contributed by atoms with E-state index in [4.69, 9.17) is 27.9 Å². The van der Waals surface area contributed by atoms with E-state index in [1.54, 1.807) is 36.5 Å². The Morgan fingerprint density at radius 2 is 1.86 bits per heavy atom. The van der Waals surface area contributed by atoms with Crippen LogP contribution in [0.3, 0.4) is 0 Å². The van der Waals surface area contributed by atoms with Gasteiger partial charge in [-0.25, -0.2) is 9.97 Å². The summed E-state index contributed by atoms with van der Waals surface area (Å²) in [6.45, 7) is 0.578. The van der Waals surface area contributed by atoms with Crippen LogP contribution in [-0.2, 0) is 6.54 Å². The van der Waals surface area contributed by atoms with Gasteiger partial charge in [0.2, 0.25) is 0 Å².